The highest BCUT2D eigenvalue weighted by molar-refractivity contribution is 5.70. The number of rotatable bonds is 7. The molecule has 6 heteroatoms. The molecule has 0 aliphatic heterocycles. The Morgan fingerprint density at radius 2 is 1.79 bits per heavy atom. The predicted molar refractivity (Wildman–Crippen MR) is 112 cm³/mol. The van der Waals surface area contributed by atoms with Gasteiger partial charge in [-0.15, -0.1) is 0 Å². The highest BCUT2D eigenvalue weighted by Crippen LogP contribution is 2.24. The van der Waals surface area contributed by atoms with E-state index in [0.29, 0.717) is 12.0 Å². The van der Waals surface area contributed by atoms with Crippen molar-refractivity contribution >= 4 is 5.69 Å². The average molecular weight is 387 g/mol. The molecule has 0 atom stereocenters. The van der Waals surface area contributed by atoms with Gasteiger partial charge < -0.3 is 4.57 Å². The van der Waals surface area contributed by atoms with Gasteiger partial charge in [0.2, 0.25) is 0 Å². The molecule has 29 heavy (non-hydrogen) atoms. The van der Waals surface area contributed by atoms with Crippen molar-refractivity contribution < 1.29 is 4.92 Å². The summed E-state index contributed by atoms with van der Waals surface area (Å²) >= 11 is 0. The number of nitrogens with zero attached hydrogens (tertiary/aromatic N) is 3. The lowest BCUT2D eigenvalue weighted by Crippen LogP contribution is -2.26. The Morgan fingerprint density at radius 3 is 2.45 bits per heavy atom. The molecule has 6 nitrogen and oxygen atoms in total. The monoisotopic (exact) mass is 387 g/mol. The Morgan fingerprint density at radius 1 is 1.07 bits per heavy atom. The fourth-order valence-corrected chi connectivity index (χ4v) is 3.30. The number of nitro groups is 1. The molecule has 0 bridgehead atoms. The normalized spacial score (nSPS) is 10.5. The average Bonchev–Trinajstić information content (AvgIpc) is 2.74. The summed E-state index contributed by atoms with van der Waals surface area (Å²) in [5.74, 6) is 0. The van der Waals surface area contributed by atoms with Crippen LogP contribution in [0.15, 0.2) is 65.5 Å². The van der Waals surface area contributed by atoms with Crippen LogP contribution in [0.1, 0.15) is 36.6 Å². The van der Waals surface area contributed by atoms with E-state index in [1.54, 1.807) is 12.1 Å². The maximum atomic E-state index is 12.7. The zero-order valence-corrected chi connectivity index (χ0v) is 16.2. The van der Waals surface area contributed by atoms with Crippen LogP contribution in [0.3, 0.4) is 0 Å². The molecule has 0 amide bonds. The van der Waals surface area contributed by atoms with Gasteiger partial charge in [-0.1, -0.05) is 55.8 Å². The molecular formula is C23H21N3O3. The molecule has 3 rings (SSSR count). The third-order valence-electron chi connectivity index (χ3n) is 4.88. The summed E-state index contributed by atoms with van der Waals surface area (Å²) in [5, 5.41) is 20.5. The smallest absolute Gasteiger partial charge is 0.302 e. The molecule has 3 aromatic rings. The minimum atomic E-state index is -0.635. The molecular weight excluding hydrogens is 366 g/mol. The fourth-order valence-electron chi connectivity index (χ4n) is 3.30. The molecule has 1 aromatic heterocycles. The van der Waals surface area contributed by atoms with E-state index >= 15 is 0 Å². The van der Waals surface area contributed by atoms with Crippen LogP contribution in [0.5, 0.6) is 0 Å². The van der Waals surface area contributed by atoms with E-state index in [1.165, 1.54) is 10.6 Å². The second-order valence-electron chi connectivity index (χ2n) is 6.82. The maximum absolute atomic E-state index is 12.7. The number of unbranched alkanes of at least 4 members (excludes halogenated alkanes) is 1. The number of hydrogen-bond donors (Lipinski definition) is 0. The van der Waals surface area contributed by atoms with E-state index in [-0.39, 0.29) is 6.54 Å². The molecule has 0 N–H and O–H groups in total. The van der Waals surface area contributed by atoms with Gasteiger partial charge in [0.05, 0.1) is 23.1 Å². The first-order chi connectivity index (χ1) is 14.0. The third-order valence-corrected chi connectivity index (χ3v) is 4.88. The van der Waals surface area contributed by atoms with Crippen molar-refractivity contribution in [2.75, 3.05) is 0 Å². The Labute approximate surface area is 168 Å². The number of pyridine rings is 1. The molecule has 146 valence electrons. The van der Waals surface area contributed by atoms with Gasteiger partial charge in [0.25, 0.3) is 0 Å². The van der Waals surface area contributed by atoms with Gasteiger partial charge in [0.1, 0.15) is 0 Å². The van der Waals surface area contributed by atoms with Gasteiger partial charge >= 0.3 is 11.2 Å². The van der Waals surface area contributed by atoms with Gasteiger partial charge in [-0.05, 0) is 41.7 Å². The summed E-state index contributed by atoms with van der Waals surface area (Å²) in [4.78, 5) is 23.2. The minimum Gasteiger partial charge on any atom is -0.302 e. The van der Waals surface area contributed by atoms with Crippen molar-refractivity contribution in [3.8, 4) is 17.2 Å². The first kappa shape index (κ1) is 20.0. The topological polar surface area (TPSA) is 88.9 Å². The van der Waals surface area contributed by atoms with Crippen LogP contribution in [0, 0.1) is 21.4 Å². The number of hydrogen-bond acceptors (Lipinski definition) is 4. The Balaban J connectivity index is 1.95. The summed E-state index contributed by atoms with van der Waals surface area (Å²) in [6.07, 6.45) is 2.57. The zero-order valence-electron chi connectivity index (χ0n) is 16.2. The largest absolute Gasteiger partial charge is 0.334 e. The van der Waals surface area contributed by atoms with Crippen molar-refractivity contribution in [3.05, 3.63) is 98.0 Å². The Hall–Kier alpha value is -3.72. The molecule has 0 radical (unpaired) electrons. The lowest BCUT2D eigenvalue weighted by atomic mass is 9.99. The number of aryl methyl sites for hydroxylation is 1. The van der Waals surface area contributed by atoms with Crippen molar-refractivity contribution in [1.82, 2.24) is 4.57 Å². The molecule has 0 spiro atoms. The van der Waals surface area contributed by atoms with E-state index in [2.05, 4.69) is 13.0 Å². The van der Waals surface area contributed by atoms with Gasteiger partial charge in [-0.25, -0.2) is 0 Å². The summed E-state index contributed by atoms with van der Waals surface area (Å²) in [6, 6.07) is 20.1. The molecule has 0 aliphatic rings. The van der Waals surface area contributed by atoms with Gasteiger partial charge in [0.15, 0.2) is 0 Å². The lowest BCUT2D eigenvalue weighted by molar-refractivity contribution is -0.386. The van der Waals surface area contributed by atoms with Gasteiger partial charge in [-0.2, -0.15) is 5.26 Å². The highest BCUT2D eigenvalue weighted by Gasteiger charge is 2.17. The first-order valence-corrected chi connectivity index (χ1v) is 9.50. The van der Waals surface area contributed by atoms with E-state index < -0.39 is 16.2 Å². The van der Waals surface area contributed by atoms with Crippen LogP contribution in [-0.4, -0.2) is 9.49 Å². The van der Waals surface area contributed by atoms with Crippen LogP contribution in [0.4, 0.5) is 5.69 Å². The maximum Gasteiger partial charge on any atom is 0.334 e. The standard InChI is InChI=1S/C23H21N3O3/c1-2-3-7-20-13-14-22(26(28)29)23(27)25(20)16-17-9-11-18(12-10-17)21-8-5-4-6-19(21)15-24/h4-6,8-14H,2-3,7,16H2,1H3. The fraction of sp³-hybridized carbons (Fsp3) is 0.217. The SMILES string of the molecule is CCCCc1ccc([N+](=O)[O-])c(=O)n1Cc1ccc(-c2ccccc2C#N)cc1. The summed E-state index contributed by atoms with van der Waals surface area (Å²) < 4.78 is 1.49. The molecule has 2 aromatic carbocycles. The van der Waals surface area contributed by atoms with E-state index in [9.17, 15) is 20.2 Å². The molecule has 0 unspecified atom stereocenters. The Bertz CT molecular complexity index is 1130. The van der Waals surface area contributed by atoms with Gasteiger partial charge in [0, 0.05) is 11.8 Å². The summed E-state index contributed by atoms with van der Waals surface area (Å²) in [6.45, 7) is 2.32. The van der Waals surface area contributed by atoms with E-state index in [4.69, 9.17) is 0 Å². The molecule has 1 heterocycles. The van der Waals surface area contributed by atoms with Gasteiger partial charge in [-0.3, -0.25) is 14.9 Å². The zero-order chi connectivity index (χ0) is 20.8. The van der Waals surface area contributed by atoms with Crippen molar-refractivity contribution in [2.45, 2.75) is 32.7 Å². The van der Waals surface area contributed by atoms with Crippen molar-refractivity contribution in [1.29, 1.82) is 5.26 Å². The highest BCUT2D eigenvalue weighted by atomic mass is 16.6. The lowest BCUT2D eigenvalue weighted by Gasteiger charge is -2.13. The molecule has 0 fully saturated rings. The van der Waals surface area contributed by atoms with Crippen LogP contribution < -0.4 is 5.56 Å². The first-order valence-electron chi connectivity index (χ1n) is 9.50. The van der Waals surface area contributed by atoms with Crippen LogP contribution >= 0.6 is 0 Å². The summed E-state index contributed by atoms with van der Waals surface area (Å²) in [7, 11) is 0. The van der Waals surface area contributed by atoms with Crippen LogP contribution in [-0.2, 0) is 13.0 Å². The van der Waals surface area contributed by atoms with E-state index in [1.807, 2.05) is 42.5 Å². The predicted octanol–water partition coefficient (Wildman–Crippen LogP) is 4.69. The number of aromatic nitrogens is 1. The summed E-state index contributed by atoms with van der Waals surface area (Å²) in [5.41, 5.74) is 3.01. The van der Waals surface area contributed by atoms with Crippen LogP contribution in [0.25, 0.3) is 11.1 Å². The molecule has 0 saturated carbocycles. The molecule has 0 aliphatic carbocycles. The number of benzene rings is 2. The van der Waals surface area contributed by atoms with Crippen molar-refractivity contribution in [3.63, 3.8) is 0 Å². The Kier molecular flexibility index (Phi) is 6.20. The van der Waals surface area contributed by atoms with Crippen LogP contribution in [0.2, 0.25) is 0 Å². The quantitative estimate of drug-likeness (QED) is 0.435. The second kappa shape index (κ2) is 8.98. The minimum absolute atomic E-state index is 0.264. The molecule has 0 saturated heterocycles. The third kappa shape index (κ3) is 4.41. The number of nitriles is 1. The van der Waals surface area contributed by atoms with E-state index in [0.717, 1.165) is 35.2 Å². The van der Waals surface area contributed by atoms with Crippen molar-refractivity contribution in [2.24, 2.45) is 0 Å². The second-order valence-corrected chi connectivity index (χ2v) is 6.82.